The Balaban J connectivity index is 1.83. The lowest BCUT2D eigenvalue weighted by Crippen LogP contribution is -1.84. The minimum atomic E-state index is 0.735. The van der Waals surface area contributed by atoms with E-state index in [-0.39, 0.29) is 0 Å². The molecule has 0 amide bonds. The van der Waals surface area contributed by atoms with Crippen molar-refractivity contribution in [3.8, 4) is 21.8 Å². The van der Waals surface area contributed by atoms with Gasteiger partial charge in [0.2, 0.25) is 0 Å². The van der Waals surface area contributed by atoms with Gasteiger partial charge in [-0.1, -0.05) is 23.7 Å². The molecule has 108 valence electrons. The van der Waals surface area contributed by atoms with Crippen molar-refractivity contribution in [1.82, 2.24) is 15.0 Å². The summed E-state index contributed by atoms with van der Waals surface area (Å²) in [5.74, 6) is 0. The highest BCUT2D eigenvalue weighted by Gasteiger charge is 2.12. The number of hydrogen-bond acceptors (Lipinski definition) is 3. The van der Waals surface area contributed by atoms with Crippen molar-refractivity contribution >= 4 is 34.0 Å². The summed E-state index contributed by atoms with van der Waals surface area (Å²) in [5, 5.41) is 4.83. The third-order valence-electron chi connectivity index (χ3n) is 3.60. The molecular formula is C17H12ClN3S. The molecule has 3 aromatic heterocycles. The van der Waals surface area contributed by atoms with Crippen molar-refractivity contribution in [3.63, 3.8) is 0 Å². The number of H-pyrrole nitrogens is 1. The van der Waals surface area contributed by atoms with Gasteiger partial charge in [0, 0.05) is 34.3 Å². The summed E-state index contributed by atoms with van der Waals surface area (Å²) in [7, 11) is 0. The van der Waals surface area contributed by atoms with Crippen molar-refractivity contribution in [1.29, 1.82) is 0 Å². The van der Waals surface area contributed by atoms with E-state index in [1.54, 1.807) is 17.5 Å². The Morgan fingerprint density at radius 2 is 2.05 bits per heavy atom. The smallest absolute Gasteiger partial charge is 0.137 e. The summed E-state index contributed by atoms with van der Waals surface area (Å²) in [4.78, 5) is 12.2. The van der Waals surface area contributed by atoms with E-state index in [0.29, 0.717) is 0 Å². The fourth-order valence-corrected chi connectivity index (χ4v) is 3.69. The molecule has 0 aliphatic heterocycles. The third kappa shape index (κ3) is 2.21. The van der Waals surface area contributed by atoms with Crippen LogP contribution in [0.25, 0.3) is 32.9 Å². The highest BCUT2D eigenvalue weighted by Crippen LogP contribution is 2.35. The Morgan fingerprint density at radius 3 is 2.91 bits per heavy atom. The number of pyridine rings is 1. The van der Waals surface area contributed by atoms with Crippen LogP contribution in [0.4, 0.5) is 0 Å². The van der Waals surface area contributed by atoms with Gasteiger partial charge in [-0.2, -0.15) is 0 Å². The zero-order chi connectivity index (χ0) is 15.1. The second-order valence-electron chi connectivity index (χ2n) is 5.12. The number of nitrogens with one attached hydrogen (secondary N) is 1. The molecule has 4 rings (SSSR count). The molecule has 0 spiro atoms. The molecule has 1 aromatic carbocycles. The van der Waals surface area contributed by atoms with Gasteiger partial charge in [-0.05, 0) is 30.7 Å². The molecule has 0 atom stereocenters. The van der Waals surface area contributed by atoms with Crippen molar-refractivity contribution in [2.75, 3.05) is 0 Å². The fourth-order valence-electron chi connectivity index (χ4n) is 2.50. The van der Waals surface area contributed by atoms with Gasteiger partial charge in [0.25, 0.3) is 0 Å². The molecule has 0 bridgehead atoms. The van der Waals surface area contributed by atoms with E-state index in [1.165, 1.54) is 0 Å². The van der Waals surface area contributed by atoms with Crippen LogP contribution in [0.1, 0.15) is 5.56 Å². The number of fused-ring (bicyclic) bond motifs is 1. The molecule has 0 unspecified atom stereocenters. The summed E-state index contributed by atoms with van der Waals surface area (Å²) in [6.45, 7) is 2.03. The largest absolute Gasteiger partial charge is 0.346 e. The number of thiazole rings is 1. The van der Waals surface area contributed by atoms with Gasteiger partial charge in [0.1, 0.15) is 10.7 Å². The summed E-state index contributed by atoms with van der Waals surface area (Å²) in [6, 6.07) is 10.1. The molecule has 0 aliphatic carbocycles. The van der Waals surface area contributed by atoms with E-state index in [0.717, 1.165) is 43.4 Å². The summed E-state index contributed by atoms with van der Waals surface area (Å²) < 4.78 is 0. The van der Waals surface area contributed by atoms with Crippen LogP contribution in [0.2, 0.25) is 5.02 Å². The van der Waals surface area contributed by atoms with Crippen LogP contribution in [0.3, 0.4) is 0 Å². The first-order chi connectivity index (χ1) is 10.7. The van der Waals surface area contributed by atoms with Gasteiger partial charge in [0.15, 0.2) is 0 Å². The lowest BCUT2D eigenvalue weighted by atomic mass is 10.1. The summed E-state index contributed by atoms with van der Waals surface area (Å²) in [5.41, 5.74) is 4.99. The maximum absolute atomic E-state index is 6.35. The van der Waals surface area contributed by atoms with E-state index in [1.807, 2.05) is 42.8 Å². The van der Waals surface area contributed by atoms with Gasteiger partial charge in [-0.15, -0.1) is 11.3 Å². The van der Waals surface area contributed by atoms with Crippen LogP contribution in [-0.4, -0.2) is 15.0 Å². The number of aromatic nitrogens is 3. The Labute approximate surface area is 136 Å². The molecule has 1 N–H and O–H groups in total. The van der Waals surface area contributed by atoms with Crippen LogP contribution < -0.4 is 0 Å². The SMILES string of the molecule is Cc1ccc(-c2csc(-c3ccnc4[nH]ccc34)n2)c(Cl)c1. The molecule has 22 heavy (non-hydrogen) atoms. The first-order valence-electron chi connectivity index (χ1n) is 6.87. The first-order valence-corrected chi connectivity index (χ1v) is 8.12. The molecular weight excluding hydrogens is 314 g/mol. The third-order valence-corrected chi connectivity index (χ3v) is 4.78. The van der Waals surface area contributed by atoms with Crippen molar-refractivity contribution < 1.29 is 0 Å². The van der Waals surface area contributed by atoms with Crippen molar-refractivity contribution in [2.45, 2.75) is 6.92 Å². The molecule has 3 heterocycles. The van der Waals surface area contributed by atoms with Gasteiger partial charge in [0.05, 0.1) is 10.7 Å². The quantitative estimate of drug-likeness (QED) is 0.542. The molecule has 4 aromatic rings. The zero-order valence-electron chi connectivity index (χ0n) is 11.8. The Hall–Kier alpha value is -2.17. The zero-order valence-corrected chi connectivity index (χ0v) is 13.4. The summed E-state index contributed by atoms with van der Waals surface area (Å²) >= 11 is 7.96. The monoisotopic (exact) mass is 325 g/mol. The molecule has 0 fully saturated rings. The normalized spacial score (nSPS) is 11.2. The van der Waals surface area contributed by atoms with Crippen LogP contribution in [0.15, 0.2) is 48.1 Å². The standard InChI is InChI=1S/C17H12ClN3S/c1-10-2-3-13(14(18)8-10)15-9-22-17(21-15)12-5-7-20-16-11(12)4-6-19-16/h2-9H,1H3,(H,19,20). The summed E-state index contributed by atoms with van der Waals surface area (Å²) in [6.07, 6.45) is 3.70. The minimum Gasteiger partial charge on any atom is -0.346 e. The lowest BCUT2D eigenvalue weighted by Gasteiger charge is -2.02. The number of aryl methyl sites for hydroxylation is 1. The van der Waals surface area contributed by atoms with Crippen LogP contribution in [0.5, 0.6) is 0 Å². The second-order valence-corrected chi connectivity index (χ2v) is 6.38. The van der Waals surface area contributed by atoms with E-state index < -0.39 is 0 Å². The predicted octanol–water partition coefficient (Wildman–Crippen LogP) is 5.32. The van der Waals surface area contributed by atoms with Gasteiger partial charge in [-0.3, -0.25) is 0 Å². The number of hydrogen-bond donors (Lipinski definition) is 1. The van der Waals surface area contributed by atoms with E-state index in [9.17, 15) is 0 Å². The maximum atomic E-state index is 6.35. The maximum Gasteiger partial charge on any atom is 0.137 e. The molecule has 5 heteroatoms. The molecule has 0 saturated carbocycles. The number of benzene rings is 1. The van der Waals surface area contributed by atoms with E-state index in [2.05, 4.69) is 16.0 Å². The lowest BCUT2D eigenvalue weighted by molar-refractivity contribution is 1.32. The second kappa shape index (κ2) is 5.23. The number of halogens is 1. The molecule has 0 aliphatic rings. The topological polar surface area (TPSA) is 41.6 Å². The average molecular weight is 326 g/mol. The molecule has 0 saturated heterocycles. The van der Waals surface area contributed by atoms with Gasteiger partial charge >= 0.3 is 0 Å². The van der Waals surface area contributed by atoms with Crippen LogP contribution in [-0.2, 0) is 0 Å². The number of aromatic amines is 1. The number of nitrogens with zero attached hydrogens (tertiary/aromatic N) is 2. The first kappa shape index (κ1) is 13.5. The van der Waals surface area contributed by atoms with Crippen molar-refractivity contribution in [3.05, 3.63) is 58.7 Å². The molecule has 0 radical (unpaired) electrons. The highest BCUT2D eigenvalue weighted by molar-refractivity contribution is 7.13. The predicted molar refractivity (Wildman–Crippen MR) is 92.4 cm³/mol. The Bertz CT molecular complexity index is 971. The highest BCUT2D eigenvalue weighted by atomic mass is 35.5. The Morgan fingerprint density at radius 1 is 1.14 bits per heavy atom. The van der Waals surface area contributed by atoms with Crippen molar-refractivity contribution in [2.24, 2.45) is 0 Å². The van der Waals surface area contributed by atoms with E-state index >= 15 is 0 Å². The van der Waals surface area contributed by atoms with Crippen LogP contribution in [0, 0.1) is 6.92 Å². The Kier molecular flexibility index (Phi) is 3.21. The molecule has 3 nitrogen and oxygen atoms in total. The number of rotatable bonds is 2. The minimum absolute atomic E-state index is 0.735. The fraction of sp³-hybridized carbons (Fsp3) is 0.0588. The van der Waals surface area contributed by atoms with E-state index in [4.69, 9.17) is 16.6 Å². The van der Waals surface area contributed by atoms with Crippen LogP contribution >= 0.6 is 22.9 Å². The average Bonchev–Trinajstić information content (AvgIpc) is 3.15. The van der Waals surface area contributed by atoms with Gasteiger partial charge in [-0.25, -0.2) is 9.97 Å². The van der Waals surface area contributed by atoms with Gasteiger partial charge < -0.3 is 4.98 Å².